The van der Waals surface area contributed by atoms with Crippen LogP contribution in [0.5, 0.6) is 0 Å². The summed E-state index contributed by atoms with van der Waals surface area (Å²) in [6.07, 6.45) is 74.4. The molecule has 0 aromatic rings. The summed E-state index contributed by atoms with van der Waals surface area (Å²) in [6.45, 7) is 6.25. The van der Waals surface area contributed by atoms with Crippen molar-refractivity contribution in [3.63, 3.8) is 0 Å². The zero-order valence-corrected chi connectivity index (χ0v) is 42.1. The van der Waals surface area contributed by atoms with Gasteiger partial charge in [0.2, 0.25) is 0 Å². The molecule has 1 atom stereocenters. The molecule has 6 nitrogen and oxygen atoms in total. The van der Waals surface area contributed by atoms with Gasteiger partial charge >= 0.3 is 17.9 Å². The fourth-order valence-electron chi connectivity index (χ4n) is 6.59. The van der Waals surface area contributed by atoms with E-state index in [1.54, 1.807) is 0 Å². The molecule has 1 unspecified atom stereocenters. The van der Waals surface area contributed by atoms with Gasteiger partial charge in [-0.3, -0.25) is 14.4 Å². The lowest BCUT2D eigenvalue weighted by Crippen LogP contribution is -2.30. The fourth-order valence-corrected chi connectivity index (χ4v) is 6.59. The van der Waals surface area contributed by atoms with E-state index in [4.69, 9.17) is 14.2 Å². The highest BCUT2D eigenvalue weighted by molar-refractivity contribution is 5.71. The van der Waals surface area contributed by atoms with Gasteiger partial charge in [-0.25, -0.2) is 0 Å². The SMILES string of the molecule is CC\C=C/C=C\C=C/C=C\CCCCCCCC(=O)OCC(COC(=O)CCCCCCCCC/C=C\C/C=C\CCCCC)OC(=O)CC/C=C\C/C=C\C/C=C\C/C=C\C/C=C\CC. The highest BCUT2D eigenvalue weighted by atomic mass is 16.6. The van der Waals surface area contributed by atoms with E-state index in [0.717, 1.165) is 109 Å². The number of hydrogen-bond donors (Lipinski definition) is 0. The van der Waals surface area contributed by atoms with Crippen molar-refractivity contribution < 1.29 is 28.6 Å². The number of hydrogen-bond acceptors (Lipinski definition) is 6. The molecule has 0 aliphatic carbocycles. The van der Waals surface area contributed by atoms with Crippen molar-refractivity contribution in [2.24, 2.45) is 0 Å². The van der Waals surface area contributed by atoms with Gasteiger partial charge in [-0.15, -0.1) is 0 Å². The second-order valence-corrected chi connectivity index (χ2v) is 16.8. The maximum Gasteiger partial charge on any atom is 0.306 e. The summed E-state index contributed by atoms with van der Waals surface area (Å²) in [5, 5.41) is 0. The van der Waals surface area contributed by atoms with Crippen molar-refractivity contribution in [1.29, 1.82) is 0 Å². The Balaban J connectivity index is 4.57. The molecule has 0 amide bonds. The standard InChI is InChI=1S/C60H94O6/c1-4-7-10-13-16-19-22-25-28-30-33-35-38-41-44-47-50-53-59(62)65-56-57(55-64-58(61)52-49-46-43-40-37-34-31-27-24-21-18-15-12-9-6-3)66-60(63)54-51-48-45-42-39-36-32-29-26-23-20-17-14-11-8-5-2/h8-9,11-12,15-21,24-29,31,36,39,45,48,57H,4-7,10,13-14,22-23,30,32-35,37-38,40-44,46-47,49-56H2,1-3H3/b11-8-,12-9-,18-15-,19-16-,20-17-,24-21-,28-25-,29-26-,31-27-,39-36-,48-45-. The Bertz CT molecular complexity index is 1460. The van der Waals surface area contributed by atoms with E-state index >= 15 is 0 Å². The molecule has 0 aromatic carbocycles. The molecule has 66 heavy (non-hydrogen) atoms. The first-order chi connectivity index (χ1) is 32.5. The predicted molar refractivity (Wildman–Crippen MR) is 283 cm³/mol. The summed E-state index contributed by atoms with van der Waals surface area (Å²) < 4.78 is 16.7. The van der Waals surface area contributed by atoms with E-state index in [-0.39, 0.29) is 31.6 Å². The van der Waals surface area contributed by atoms with E-state index in [9.17, 15) is 14.4 Å². The Labute approximate surface area is 405 Å². The third kappa shape index (κ3) is 50.5. The first-order valence-corrected chi connectivity index (χ1v) is 26.2. The largest absolute Gasteiger partial charge is 0.462 e. The average molecular weight is 911 g/mol. The molecule has 0 radical (unpaired) electrons. The van der Waals surface area contributed by atoms with Crippen LogP contribution in [0.3, 0.4) is 0 Å². The summed E-state index contributed by atoms with van der Waals surface area (Å²) in [7, 11) is 0. The number of unbranched alkanes of at least 4 members (excludes halogenated alkanes) is 15. The Morgan fingerprint density at radius 2 is 0.697 bits per heavy atom. The van der Waals surface area contributed by atoms with Crippen molar-refractivity contribution in [1.82, 2.24) is 0 Å². The number of rotatable bonds is 45. The Hall–Kier alpha value is -4.45. The van der Waals surface area contributed by atoms with Gasteiger partial charge in [0.25, 0.3) is 0 Å². The third-order valence-electron chi connectivity index (χ3n) is 10.5. The lowest BCUT2D eigenvalue weighted by molar-refractivity contribution is -0.166. The van der Waals surface area contributed by atoms with Crippen LogP contribution in [0.25, 0.3) is 0 Å². The van der Waals surface area contributed by atoms with E-state index < -0.39 is 12.1 Å². The van der Waals surface area contributed by atoms with Crippen molar-refractivity contribution in [2.75, 3.05) is 13.2 Å². The third-order valence-corrected chi connectivity index (χ3v) is 10.5. The summed E-state index contributed by atoms with van der Waals surface area (Å²) in [5.74, 6) is -1.05. The van der Waals surface area contributed by atoms with Crippen LogP contribution in [-0.4, -0.2) is 37.2 Å². The second kappa shape index (κ2) is 53.2. The van der Waals surface area contributed by atoms with Crippen LogP contribution in [0.2, 0.25) is 0 Å². The molecule has 370 valence electrons. The maximum atomic E-state index is 12.8. The zero-order valence-electron chi connectivity index (χ0n) is 42.1. The summed E-state index contributed by atoms with van der Waals surface area (Å²) >= 11 is 0. The molecule has 0 saturated carbocycles. The van der Waals surface area contributed by atoms with Crippen LogP contribution in [0.1, 0.15) is 207 Å². The number of carbonyl (C=O) groups excluding carboxylic acids is 3. The van der Waals surface area contributed by atoms with Crippen LogP contribution >= 0.6 is 0 Å². The van der Waals surface area contributed by atoms with Gasteiger partial charge < -0.3 is 14.2 Å². The van der Waals surface area contributed by atoms with Gasteiger partial charge in [0.15, 0.2) is 6.10 Å². The van der Waals surface area contributed by atoms with Gasteiger partial charge in [0.1, 0.15) is 13.2 Å². The quantitative estimate of drug-likeness (QED) is 0.0199. The molecule has 6 heteroatoms. The molecule has 0 bridgehead atoms. The summed E-state index contributed by atoms with van der Waals surface area (Å²) in [5.41, 5.74) is 0. The Kier molecular flexibility index (Phi) is 49.6. The van der Waals surface area contributed by atoms with Crippen LogP contribution in [-0.2, 0) is 28.6 Å². The first-order valence-electron chi connectivity index (χ1n) is 26.2. The Morgan fingerprint density at radius 3 is 1.17 bits per heavy atom. The lowest BCUT2D eigenvalue weighted by atomic mass is 10.1. The normalized spacial score (nSPS) is 13.2. The van der Waals surface area contributed by atoms with Gasteiger partial charge in [-0.1, -0.05) is 219 Å². The lowest BCUT2D eigenvalue weighted by Gasteiger charge is -2.18. The molecule has 0 aromatic heterocycles. The topological polar surface area (TPSA) is 78.9 Å². The Morgan fingerprint density at radius 1 is 0.333 bits per heavy atom. The van der Waals surface area contributed by atoms with Gasteiger partial charge in [0, 0.05) is 19.3 Å². The van der Waals surface area contributed by atoms with E-state index in [1.807, 2.05) is 36.5 Å². The first kappa shape index (κ1) is 61.5. The van der Waals surface area contributed by atoms with Crippen LogP contribution in [0.4, 0.5) is 0 Å². The van der Waals surface area contributed by atoms with Crippen molar-refractivity contribution in [2.45, 2.75) is 213 Å². The summed E-state index contributed by atoms with van der Waals surface area (Å²) in [4.78, 5) is 38.0. The smallest absolute Gasteiger partial charge is 0.306 e. The van der Waals surface area contributed by atoms with E-state index in [2.05, 4.69) is 118 Å². The van der Waals surface area contributed by atoms with Crippen LogP contribution < -0.4 is 0 Å². The predicted octanol–water partition coefficient (Wildman–Crippen LogP) is 17.5. The van der Waals surface area contributed by atoms with Crippen molar-refractivity contribution >= 4 is 17.9 Å². The average Bonchev–Trinajstić information content (AvgIpc) is 3.31. The molecular weight excluding hydrogens is 817 g/mol. The maximum absolute atomic E-state index is 12.8. The second-order valence-electron chi connectivity index (χ2n) is 16.8. The van der Waals surface area contributed by atoms with Gasteiger partial charge in [-0.05, 0) is 103 Å². The molecular formula is C60H94O6. The van der Waals surface area contributed by atoms with Crippen molar-refractivity contribution in [3.05, 3.63) is 134 Å². The molecule has 0 spiro atoms. The van der Waals surface area contributed by atoms with E-state index in [1.165, 1.54) is 51.4 Å². The molecule has 0 N–H and O–H groups in total. The van der Waals surface area contributed by atoms with Crippen molar-refractivity contribution in [3.8, 4) is 0 Å². The van der Waals surface area contributed by atoms with Crippen LogP contribution in [0, 0.1) is 0 Å². The zero-order chi connectivity index (χ0) is 47.9. The number of allylic oxidation sites excluding steroid dienone is 22. The molecule has 0 saturated heterocycles. The number of esters is 3. The molecule has 0 rings (SSSR count). The molecule has 0 aliphatic heterocycles. The highest BCUT2D eigenvalue weighted by Gasteiger charge is 2.19. The number of carbonyl (C=O) groups is 3. The van der Waals surface area contributed by atoms with Crippen LogP contribution in [0.15, 0.2) is 134 Å². The summed E-state index contributed by atoms with van der Waals surface area (Å²) in [6, 6.07) is 0. The minimum atomic E-state index is -0.836. The molecule has 0 fully saturated rings. The molecule has 0 heterocycles. The van der Waals surface area contributed by atoms with E-state index in [0.29, 0.717) is 19.3 Å². The van der Waals surface area contributed by atoms with Gasteiger partial charge in [0.05, 0.1) is 0 Å². The number of ether oxygens (including phenoxy) is 3. The van der Waals surface area contributed by atoms with Gasteiger partial charge in [-0.2, -0.15) is 0 Å². The minimum absolute atomic E-state index is 0.125. The molecule has 0 aliphatic rings. The monoisotopic (exact) mass is 911 g/mol. The minimum Gasteiger partial charge on any atom is -0.462 e. The fraction of sp³-hybridized carbons (Fsp3) is 0.583. The highest BCUT2D eigenvalue weighted by Crippen LogP contribution is 2.13.